The molecule has 6 heteroatoms. The lowest BCUT2D eigenvalue weighted by Crippen LogP contribution is -2.36. The van der Waals surface area contributed by atoms with Gasteiger partial charge in [-0.3, -0.25) is 5.41 Å². The molecule has 19 heavy (non-hydrogen) atoms. The number of amidine groups is 1. The molecule has 0 unspecified atom stereocenters. The zero-order valence-corrected chi connectivity index (χ0v) is 10.2. The minimum Gasteiger partial charge on any atom is -0.357 e. The Bertz CT molecular complexity index is 476. The van der Waals surface area contributed by atoms with Crippen LogP contribution in [0.15, 0.2) is 18.2 Å². The van der Waals surface area contributed by atoms with E-state index in [4.69, 9.17) is 5.41 Å². The molecule has 0 bridgehead atoms. The van der Waals surface area contributed by atoms with E-state index in [-0.39, 0.29) is 11.4 Å². The van der Waals surface area contributed by atoms with Crippen molar-refractivity contribution in [1.82, 2.24) is 4.90 Å². The number of likely N-dealkylation sites (tertiary alicyclic amines) is 1. The van der Waals surface area contributed by atoms with Gasteiger partial charge in [0.05, 0.1) is 5.56 Å². The molecule has 1 aliphatic rings. The van der Waals surface area contributed by atoms with Gasteiger partial charge in [0.1, 0.15) is 11.7 Å². The Balaban J connectivity index is 2.35. The molecule has 1 N–H and O–H groups in total. The van der Waals surface area contributed by atoms with Crippen molar-refractivity contribution in [2.45, 2.75) is 25.4 Å². The van der Waals surface area contributed by atoms with Gasteiger partial charge >= 0.3 is 6.18 Å². The number of hydrogen-bond acceptors (Lipinski definition) is 1. The Hall–Kier alpha value is -1.59. The molecule has 0 atom stereocenters. The zero-order valence-electron chi connectivity index (χ0n) is 10.2. The fourth-order valence-electron chi connectivity index (χ4n) is 2.25. The summed E-state index contributed by atoms with van der Waals surface area (Å²) in [4.78, 5) is 1.62. The fourth-order valence-corrected chi connectivity index (χ4v) is 2.25. The van der Waals surface area contributed by atoms with Crippen molar-refractivity contribution in [2.24, 2.45) is 0 Å². The lowest BCUT2D eigenvalue weighted by atomic mass is 10.0. The fraction of sp³-hybridized carbons (Fsp3) is 0.462. The van der Waals surface area contributed by atoms with Crippen LogP contribution in [-0.4, -0.2) is 23.8 Å². The van der Waals surface area contributed by atoms with Crippen LogP contribution >= 0.6 is 0 Å². The van der Waals surface area contributed by atoms with Crippen LogP contribution < -0.4 is 0 Å². The van der Waals surface area contributed by atoms with Crippen molar-refractivity contribution < 1.29 is 17.6 Å². The quantitative estimate of drug-likeness (QED) is 0.472. The summed E-state index contributed by atoms with van der Waals surface area (Å²) in [6.45, 7) is 1.15. The number of halogens is 4. The molecular weight excluding hydrogens is 260 g/mol. The molecule has 1 aromatic rings. The van der Waals surface area contributed by atoms with Gasteiger partial charge in [0, 0.05) is 18.7 Å². The van der Waals surface area contributed by atoms with E-state index < -0.39 is 17.6 Å². The maximum Gasteiger partial charge on any atom is 0.417 e. The number of alkyl halides is 3. The summed E-state index contributed by atoms with van der Waals surface area (Å²) in [5.41, 5.74) is -1.33. The average Bonchev–Trinajstić information content (AvgIpc) is 2.38. The third kappa shape index (κ3) is 3.05. The van der Waals surface area contributed by atoms with Gasteiger partial charge in [-0.25, -0.2) is 4.39 Å². The molecule has 0 saturated carbocycles. The molecule has 104 valence electrons. The Labute approximate surface area is 108 Å². The van der Waals surface area contributed by atoms with E-state index in [0.29, 0.717) is 19.2 Å². The van der Waals surface area contributed by atoms with Gasteiger partial charge in [-0.2, -0.15) is 13.2 Å². The molecule has 0 spiro atoms. The number of hydrogen-bond donors (Lipinski definition) is 1. The van der Waals surface area contributed by atoms with Crippen LogP contribution in [0.2, 0.25) is 0 Å². The van der Waals surface area contributed by atoms with Gasteiger partial charge < -0.3 is 4.90 Å². The average molecular weight is 274 g/mol. The summed E-state index contributed by atoms with van der Waals surface area (Å²) in [6.07, 6.45) is -1.89. The first-order valence-electron chi connectivity index (χ1n) is 6.10. The summed E-state index contributed by atoms with van der Waals surface area (Å²) >= 11 is 0. The van der Waals surface area contributed by atoms with Gasteiger partial charge in [-0.05, 0) is 37.5 Å². The summed E-state index contributed by atoms with van der Waals surface area (Å²) in [6, 6.07) is 2.45. The second-order valence-electron chi connectivity index (χ2n) is 4.58. The maximum absolute atomic E-state index is 13.0. The van der Waals surface area contributed by atoms with Crippen molar-refractivity contribution in [3.63, 3.8) is 0 Å². The number of rotatable bonds is 1. The van der Waals surface area contributed by atoms with Crippen molar-refractivity contribution in [3.05, 3.63) is 35.1 Å². The normalized spacial score (nSPS) is 16.5. The summed E-state index contributed by atoms with van der Waals surface area (Å²) in [5, 5.41) is 7.92. The monoisotopic (exact) mass is 274 g/mol. The van der Waals surface area contributed by atoms with Crippen LogP contribution in [0.1, 0.15) is 30.4 Å². The van der Waals surface area contributed by atoms with E-state index in [1.807, 2.05) is 0 Å². The van der Waals surface area contributed by atoms with E-state index in [0.717, 1.165) is 31.4 Å². The third-order valence-electron chi connectivity index (χ3n) is 3.21. The molecular formula is C13H14F4N2. The van der Waals surface area contributed by atoms with Crippen molar-refractivity contribution in [1.29, 1.82) is 5.41 Å². The van der Waals surface area contributed by atoms with E-state index in [1.165, 1.54) is 0 Å². The van der Waals surface area contributed by atoms with Crippen LogP contribution in [-0.2, 0) is 6.18 Å². The first kappa shape index (κ1) is 13.8. The summed E-state index contributed by atoms with van der Waals surface area (Å²) in [5.74, 6) is -1.12. The molecule has 1 heterocycles. The highest BCUT2D eigenvalue weighted by Gasteiger charge is 2.35. The van der Waals surface area contributed by atoms with Gasteiger partial charge in [-0.1, -0.05) is 0 Å². The Morgan fingerprint density at radius 1 is 1.11 bits per heavy atom. The molecule has 0 radical (unpaired) electrons. The second-order valence-corrected chi connectivity index (χ2v) is 4.58. The molecule has 0 aliphatic carbocycles. The van der Waals surface area contributed by atoms with Crippen LogP contribution in [0.25, 0.3) is 0 Å². The third-order valence-corrected chi connectivity index (χ3v) is 3.21. The molecule has 0 amide bonds. The summed E-state index contributed by atoms with van der Waals surface area (Å²) in [7, 11) is 0. The van der Waals surface area contributed by atoms with Gasteiger partial charge in [0.25, 0.3) is 0 Å². The topological polar surface area (TPSA) is 27.1 Å². The molecule has 1 fully saturated rings. The Morgan fingerprint density at radius 3 is 2.32 bits per heavy atom. The van der Waals surface area contributed by atoms with E-state index in [2.05, 4.69) is 0 Å². The van der Waals surface area contributed by atoms with E-state index in [9.17, 15) is 17.6 Å². The van der Waals surface area contributed by atoms with Crippen LogP contribution in [0.3, 0.4) is 0 Å². The first-order valence-corrected chi connectivity index (χ1v) is 6.10. The molecule has 1 aromatic carbocycles. The van der Waals surface area contributed by atoms with Gasteiger partial charge in [0.15, 0.2) is 0 Å². The van der Waals surface area contributed by atoms with E-state index >= 15 is 0 Å². The van der Waals surface area contributed by atoms with Crippen molar-refractivity contribution in [2.75, 3.05) is 13.1 Å². The number of nitrogens with one attached hydrogen (secondary N) is 1. The van der Waals surface area contributed by atoms with Crippen molar-refractivity contribution >= 4 is 5.84 Å². The van der Waals surface area contributed by atoms with Crippen LogP contribution in [0.5, 0.6) is 0 Å². The molecule has 2 rings (SSSR count). The second kappa shape index (κ2) is 5.19. The smallest absolute Gasteiger partial charge is 0.357 e. The number of piperidine rings is 1. The minimum absolute atomic E-state index is 0.174. The SMILES string of the molecule is N=C(c1ccc(F)cc1C(F)(F)F)N1CCCCC1. The summed E-state index contributed by atoms with van der Waals surface area (Å²) < 4.78 is 51.6. The highest BCUT2D eigenvalue weighted by molar-refractivity contribution is 5.98. The van der Waals surface area contributed by atoms with Gasteiger partial charge in [0.2, 0.25) is 0 Å². The molecule has 1 aliphatic heterocycles. The largest absolute Gasteiger partial charge is 0.417 e. The predicted octanol–water partition coefficient (Wildman–Crippen LogP) is 3.66. The van der Waals surface area contributed by atoms with Crippen LogP contribution in [0.4, 0.5) is 17.6 Å². The number of nitrogens with zero attached hydrogens (tertiary/aromatic N) is 1. The lowest BCUT2D eigenvalue weighted by Gasteiger charge is -2.30. The molecule has 1 saturated heterocycles. The first-order chi connectivity index (χ1) is 8.89. The van der Waals surface area contributed by atoms with Crippen molar-refractivity contribution in [3.8, 4) is 0 Å². The molecule has 0 aromatic heterocycles. The van der Waals surface area contributed by atoms with E-state index in [1.54, 1.807) is 4.90 Å². The Morgan fingerprint density at radius 2 is 1.74 bits per heavy atom. The number of benzene rings is 1. The lowest BCUT2D eigenvalue weighted by molar-refractivity contribution is -0.137. The Kier molecular flexibility index (Phi) is 3.78. The molecule has 2 nitrogen and oxygen atoms in total. The maximum atomic E-state index is 13.0. The highest BCUT2D eigenvalue weighted by Crippen LogP contribution is 2.33. The minimum atomic E-state index is -4.65. The predicted molar refractivity (Wildman–Crippen MR) is 63.7 cm³/mol. The highest BCUT2D eigenvalue weighted by atomic mass is 19.4. The standard InChI is InChI=1S/C13H14F4N2/c14-9-4-5-10(11(8-9)13(15,16)17)12(18)19-6-2-1-3-7-19/h4-5,8,18H,1-3,6-7H2. The zero-order chi connectivity index (χ0) is 14.0. The van der Waals surface area contributed by atoms with Gasteiger partial charge in [-0.15, -0.1) is 0 Å². The van der Waals surface area contributed by atoms with Crippen LogP contribution in [0, 0.1) is 11.2 Å².